The molecule has 1 N–H and O–H groups in total. The zero-order chi connectivity index (χ0) is 7.72. The van der Waals surface area contributed by atoms with E-state index in [0.29, 0.717) is 0 Å². The molecule has 0 fully saturated rings. The molecule has 1 atom stereocenters. The van der Waals surface area contributed by atoms with Crippen LogP contribution in [0, 0.1) is 6.92 Å². The maximum Gasteiger partial charge on any atom is 0.0854 e. The van der Waals surface area contributed by atoms with E-state index < -0.39 is 0 Å². The van der Waals surface area contributed by atoms with Crippen LogP contribution < -0.4 is 0 Å². The zero-order valence-corrected chi connectivity index (χ0v) is 8.29. The minimum atomic E-state index is -0.338. The molecule has 1 aromatic heterocycles. The molecule has 1 aromatic rings. The lowest BCUT2D eigenvalue weighted by Crippen LogP contribution is -1.83. The summed E-state index contributed by atoms with van der Waals surface area (Å²) < 4.78 is 1.09. The van der Waals surface area contributed by atoms with Gasteiger partial charge in [-0.05, 0) is 35.8 Å². The van der Waals surface area contributed by atoms with E-state index in [-0.39, 0.29) is 6.10 Å². The fourth-order valence-electron chi connectivity index (χ4n) is 0.687. The molecule has 10 heavy (non-hydrogen) atoms. The first-order chi connectivity index (χ1) is 4.61. The number of rotatable bonds is 1. The number of aliphatic hydroxyl groups is 1. The van der Waals surface area contributed by atoms with Crippen molar-refractivity contribution in [1.82, 2.24) is 0 Å². The van der Waals surface area contributed by atoms with E-state index in [1.165, 1.54) is 4.88 Å². The van der Waals surface area contributed by atoms with E-state index in [4.69, 9.17) is 5.11 Å². The topological polar surface area (TPSA) is 20.2 Å². The van der Waals surface area contributed by atoms with Gasteiger partial charge in [0.15, 0.2) is 0 Å². The molecule has 0 amide bonds. The summed E-state index contributed by atoms with van der Waals surface area (Å²) in [6.07, 6.45) is -0.338. The molecule has 0 saturated carbocycles. The van der Waals surface area contributed by atoms with Gasteiger partial charge in [0.05, 0.1) is 6.10 Å². The highest BCUT2D eigenvalue weighted by Gasteiger charge is 2.06. The lowest BCUT2D eigenvalue weighted by molar-refractivity contribution is 0.203. The monoisotopic (exact) mass is 220 g/mol. The molecular weight excluding hydrogens is 212 g/mol. The van der Waals surface area contributed by atoms with E-state index in [1.54, 1.807) is 18.3 Å². The molecule has 0 unspecified atom stereocenters. The third kappa shape index (κ3) is 1.59. The molecule has 0 radical (unpaired) electrons. The van der Waals surface area contributed by atoms with E-state index in [2.05, 4.69) is 15.9 Å². The highest BCUT2D eigenvalue weighted by atomic mass is 79.9. The summed E-state index contributed by atoms with van der Waals surface area (Å²) in [6.45, 7) is 3.80. The first kappa shape index (κ1) is 8.24. The molecule has 0 spiro atoms. The average Bonchev–Trinajstić information content (AvgIpc) is 2.13. The third-order valence-corrected chi connectivity index (χ3v) is 3.59. The first-order valence-electron chi connectivity index (χ1n) is 3.05. The highest BCUT2D eigenvalue weighted by Crippen LogP contribution is 2.29. The Hall–Kier alpha value is 0.140. The summed E-state index contributed by atoms with van der Waals surface area (Å²) in [7, 11) is 0. The maximum atomic E-state index is 9.15. The molecule has 3 heteroatoms. The van der Waals surface area contributed by atoms with Crippen molar-refractivity contribution >= 4 is 27.3 Å². The van der Waals surface area contributed by atoms with E-state index >= 15 is 0 Å². The molecule has 0 bridgehead atoms. The van der Waals surface area contributed by atoms with Crippen LogP contribution in [0.25, 0.3) is 0 Å². The molecule has 1 nitrogen and oxygen atoms in total. The summed E-state index contributed by atoms with van der Waals surface area (Å²) >= 11 is 5.01. The van der Waals surface area contributed by atoms with Crippen molar-refractivity contribution < 1.29 is 5.11 Å². The van der Waals surface area contributed by atoms with Crippen molar-refractivity contribution in [3.63, 3.8) is 0 Å². The molecule has 0 aliphatic carbocycles. The molecule has 0 aliphatic heterocycles. The minimum absolute atomic E-state index is 0.338. The first-order valence-corrected chi connectivity index (χ1v) is 4.66. The Balaban J connectivity index is 2.98. The van der Waals surface area contributed by atoms with Crippen molar-refractivity contribution in [2.45, 2.75) is 20.0 Å². The molecule has 0 aliphatic rings. The van der Waals surface area contributed by atoms with Gasteiger partial charge in [0.25, 0.3) is 0 Å². The minimum Gasteiger partial charge on any atom is -0.388 e. The van der Waals surface area contributed by atoms with Crippen LogP contribution in [0.1, 0.15) is 22.8 Å². The Morgan fingerprint density at radius 2 is 2.30 bits per heavy atom. The number of aliphatic hydroxyl groups excluding tert-OH is 1. The number of hydrogen-bond donors (Lipinski definition) is 1. The smallest absolute Gasteiger partial charge is 0.0854 e. The van der Waals surface area contributed by atoms with Crippen molar-refractivity contribution in [1.29, 1.82) is 0 Å². The summed E-state index contributed by atoms with van der Waals surface area (Å²) in [5.74, 6) is 0. The second-order valence-electron chi connectivity index (χ2n) is 2.23. The summed E-state index contributed by atoms with van der Waals surface area (Å²) in [6, 6.07) is 1.96. The van der Waals surface area contributed by atoms with Gasteiger partial charge in [-0.1, -0.05) is 0 Å². The number of thiophene rings is 1. The standard InChI is InChI=1S/C7H9BrOS/c1-4(9)7-3-6(8)5(2)10-7/h3-4,9H,1-2H3/t4-/m0/s1. The van der Waals surface area contributed by atoms with Gasteiger partial charge in [-0.25, -0.2) is 0 Å². The lowest BCUT2D eigenvalue weighted by atomic mass is 10.3. The van der Waals surface area contributed by atoms with Gasteiger partial charge < -0.3 is 5.11 Å². The lowest BCUT2D eigenvalue weighted by Gasteiger charge is -1.95. The van der Waals surface area contributed by atoms with Crippen LogP contribution >= 0.6 is 27.3 Å². The Morgan fingerprint density at radius 3 is 2.50 bits per heavy atom. The molecule has 0 aromatic carbocycles. The molecule has 1 rings (SSSR count). The molecular formula is C7H9BrOS. The predicted octanol–water partition coefficient (Wildman–Crippen LogP) is 2.87. The summed E-state index contributed by atoms with van der Waals surface area (Å²) in [5, 5.41) is 9.15. The van der Waals surface area contributed by atoms with Gasteiger partial charge in [-0.2, -0.15) is 0 Å². The molecule has 1 heterocycles. The van der Waals surface area contributed by atoms with E-state index in [0.717, 1.165) is 9.35 Å². The fraction of sp³-hybridized carbons (Fsp3) is 0.429. The quantitative estimate of drug-likeness (QED) is 0.773. The highest BCUT2D eigenvalue weighted by molar-refractivity contribution is 9.10. The average molecular weight is 221 g/mol. The number of halogens is 1. The van der Waals surface area contributed by atoms with Crippen LogP contribution in [0.2, 0.25) is 0 Å². The van der Waals surface area contributed by atoms with Crippen molar-refractivity contribution in [3.05, 3.63) is 20.3 Å². The fourth-order valence-corrected chi connectivity index (χ4v) is 2.19. The van der Waals surface area contributed by atoms with Crippen LogP contribution in [0.15, 0.2) is 10.5 Å². The normalized spacial score (nSPS) is 13.6. The zero-order valence-electron chi connectivity index (χ0n) is 5.89. The number of hydrogen-bond acceptors (Lipinski definition) is 2. The molecule has 0 saturated heterocycles. The van der Waals surface area contributed by atoms with Crippen molar-refractivity contribution in [2.75, 3.05) is 0 Å². The Labute approximate surface area is 72.8 Å². The maximum absolute atomic E-state index is 9.15. The predicted molar refractivity (Wildman–Crippen MR) is 47.4 cm³/mol. The SMILES string of the molecule is Cc1sc([C@H](C)O)cc1Br. The Bertz CT molecular complexity index is 210. The van der Waals surface area contributed by atoms with Crippen LogP contribution in [0.5, 0.6) is 0 Å². The van der Waals surface area contributed by atoms with E-state index in [1.807, 2.05) is 13.0 Å². The second kappa shape index (κ2) is 3.03. The van der Waals surface area contributed by atoms with Crippen LogP contribution in [0.3, 0.4) is 0 Å². The van der Waals surface area contributed by atoms with Gasteiger partial charge in [0, 0.05) is 14.2 Å². The Kier molecular flexibility index (Phi) is 2.50. The van der Waals surface area contributed by atoms with Crippen molar-refractivity contribution in [2.24, 2.45) is 0 Å². The van der Waals surface area contributed by atoms with Crippen LogP contribution in [-0.4, -0.2) is 5.11 Å². The van der Waals surface area contributed by atoms with Gasteiger partial charge in [-0.3, -0.25) is 0 Å². The second-order valence-corrected chi connectivity index (χ2v) is 4.37. The van der Waals surface area contributed by atoms with Crippen LogP contribution in [-0.2, 0) is 0 Å². The largest absolute Gasteiger partial charge is 0.388 e. The van der Waals surface area contributed by atoms with Gasteiger partial charge in [-0.15, -0.1) is 11.3 Å². The van der Waals surface area contributed by atoms with Gasteiger partial charge in [0.2, 0.25) is 0 Å². The summed E-state index contributed by atoms with van der Waals surface area (Å²) in [5.41, 5.74) is 0. The number of aryl methyl sites for hydroxylation is 1. The summed E-state index contributed by atoms with van der Waals surface area (Å²) in [4.78, 5) is 2.24. The molecule has 56 valence electrons. The van der Waals surface area contributed by atoms with Gasteiger partial charge in [0.1, 0.15) is 0 Å². The van der Waals surface area contributed by atoms with Gasteiger partial charge >= 0.3 is 0 Å². The van der Waals surface area contributed by atoms with Crippen LogP contribution in [0.4, 0.5) is 0 Å². The Morgan fingerprint density at radius 1 is 1.70 bits per heavy atom. The van der Waals surface area contributed by atoms with Crippen molar-refractivity contribution in [3.8, 4) is 0 Å². The van der Waals surface area contributed by atoms with E-state index in [9.17, 15) is 0 Å². The third-order valence-electron chi connectivity index (χ3n) is 1.29.